The minimum absolute atomic E-state index is 0.0584. The first-order valence-electron chi connectivity index (χ1n) is 3.25. The summed E-state index contributed by atoms with van der Waals surface area (Å²) in [5.74, 6) is -1.04. The van der Waals surface area contributed by atoms with Gasteiger partial charge in [-0.15, -0.1) is 0 Å². The Morgan fingerprint density at radius 3 is 2.62 bits per heavy atom. The van der Waals surface area contributed by atoms with E-state index in [1.807, 2.05) is 0 Å². The van der Waals surface area contributed by atoms with Gasteiger partial charge in [0.15, 0.2) is 0 Å². The smallest absolute Gasteiger partial charge is 0.258 e. The van der Waals surface area contributed by atoms with Crippen molar-refractivity contribution in [2.45, 2.75) is 6.67 Å². The molecule has 0 atom stereocenters. The molecule has 0 amide bonds. The second-order valence-corrected chi connectivity index (χ2v) is 3.06. The van der Waals surface area contributed by atoms with Gasteiger partial charge in [0.2, 0.25) is 5.82 Å². The molecule has 1 aromatic rings. The van der Waals surface area contributed by atoms with E-state index in [4.69, 9.17) is 0 Å². The van der Waals surface area contributed by atoms with E-state index in [0.29, 0.717) is 0 Å². The highest BCUT2D eigenvalue weighted by Gasteiger charge is 2.18. The van der Waals surface area contributed by atoms with Crippen molar-refractivity contribution < 1.29 is 13.7 Å². The maximum absolute atomic E-state index is 13.0. The fourth-order valence-electron chi connectivity index (χ4n) is 0.823. The maximum Gasteiger partial charge on any atom is 0.305 e. The van der Waals surface area contributed by atoms with E-state index in [1.165, 1.54) is 6.07 Å². The predicted octanol–water partition coefficient (Wildman–Crippen LogP) is 2.97. The summed E-state index contributed by atoms with van der Waals surface area (Å²) in [6.45, 7) is -0.866. The molecule has 0 aliphatic rings. The number of nitro groups is 1. The van der Waals surface area contributed by atoms with Gasteiger partial charge in [-0.1, -0.05) is 0 Å². The van der Waals surface area contributed by atoms with Crippen molar-refractivity contribution in [3.8, 4) is 0 Å². The molecule has 70 valence electrons. The molecule has 1 aromatic carbocycles. The third kappa shape index (κ3) is 1.82. The zero-order valence-corrected chi connectivity index (χ0v) is 7.85. The van der Waals surface area contributed by atoms with E-state index in [-0.39, 0.29) is 10.0 Å². The van der Waals surface area contributed by atoms with Crippen molar-refractivity contribution in [3.05, 3.63) is 38.1 Å². The first-order valence-corrected chi connectivity index (χ1v) is 4.04. The molecule has 0 radical (unpaired) electrons. The van der Waals surface area contributed by atoms with Crippen LogP contribution in [-0.4, -0.2) is 4.92 Å². The monoisotopic (exact) mass is 251 g/mol. The number of benzene rings is 1. The van der Waals surface area contributed by atoms with Crippen LogP contribution in [0.15, 0.2) is 16.6 Å². The number of hydrogen-bond donors (Lipinski definition) is 0. The second kappa shape index (κ2) is 3.78. The van der Waals surface area contributed by atoms with Crippen molar-refractivity contribution in [1.29, 1.82) is 0 Å². The van der Waals surface area contributed by atoms with Crippen LogP contribution >= 0.6 is 15.9 Å². The molecule has 13 heavy (non-hydrogen) atoms. The molecule has 0 aliphatic heterocycles. The highest BCUT2D eigenvalue weighted by molar-refractivity contribution is 9.10. The fourth-order valence-corrected chi connectivity index (χ4v) is 1.26. The van der Waals surface area contributed by atoms with E-state index >= 15 is 0 Å². The van der Waals surface area contributed by atoms with Crippen LogP contribution in [0.4, 0.5) is 14.5 Å². The van der Waals surface area contributed by atoms with Gasteiger partial charge < -0.3 is 0 Å². The molecule has 1 rings (SSSR count). The Hall–Kier alpha value is -1.04. The number of rotatable bonds is 2. The third-order valence-electron chi connectivity index (χ3n) is 1.48. The Bertz CT molecular complexity index is 357. The van der Waals surface area contributed by atoms with E-state index in [0.717, 1.165) is 6.07 Å². The largest absolute Gasteiger partial charge is 0.305 e. The number of nitro benzene ring substituents is 1. The van der Waals surface area contributed by atoms with Gasteiger partial charge in [0.1, 0.15) is 6.67 Å². The lowest BCUT2D eigenvalue weighted by atomic mass is 10.2. The first kappa shape index (κ1) is 10.0. The molecule has 0 saturated heterocycles. The van der Waals surface area contributed by atoms with Gasteiger partial charge >= 0.3 is 5.69 Å². The van der Waals surface area contributed by atoms with Gasteiger partial charge in [0, 0.05) is 11.6 Å². The summed E-state index contributed by atoms with van der Waals surface area (Å²) in [5, 5.41) is 10.2. The lowest BCUT2D eigenvalue weighted by Crippen LogP contribution is -1.95. The fraction of sp³-hybridized carbons (Fsp3) is 0.143. The number of halogens is 3. The van der Waals surface area contributed by atoms with Crippen LogP contribution in [0, 0.1) is 15.9 Å². The number of nitrogens with zero attached hydrogens (tertiary/aromatic N) is 1. The lowest BCUT2D eigenvalue weighted by molar-refractivity contribution is -0.387. The van der Waals surface area contributed by atoms with Crippen molar-refractivity contribution in [2.75, 3.05) is 0 Å². The van der Waals surface area contributed by atoms with Crippen LogP contribution in [0.3, 0.4) is 0 Å². The molecule has 3 nitrogen and oxygen atoms in total. The Labute approximate surface area is 80.6 Å². The van der Waals surface area contributed by atoms with Crippen molar-refractivity contribution in [2.24, 2.45) is 0 Å². The molecule has 0 fully saturated rings. The summed E-state index contributed by atoms with van der Waals surface area (Å²) in [6.07, 6.45) is 0. The van der Waals surface area contributed by atoms with Gasteiger partial charge in [-0.2, -0.15) is 4.39 Å². The Morgan fingerprint density at radius 2 is 2.15 bits per heavy atom. The molecule has 0 aliphatic carbocycles. The normalized spacial score (nSPS) is 10.1. The summed E-state index contributed by atoms with van der Waals surface area (Å²) in [6, 6.07) is 2.11. The summed E-state index contributed by atoms with van der Waals surface area (Å²) in [4.78, 5) is 9.37. The molecule has 0 saturated carbocycles. The van der Waals surface area contributed by atoms with Gasteiger partial charge in [0.05, 0.1) is 9.40 Å². The van der Waals surface area contributed by atoms with Crippen LogP contribution in [0.25, 0.3) is 0 Å². The second-order valence-electron chi connectivity index (χ2n) is 2.26. The average Bonchev–Trinajstić information content (AvgIpc) is 2.09. The number of hydrogen-bond acceptors (Lipinski definition) is 2. The Kier molecular flexibility index (Phi) is 2.92. The SMILES string of the molecule is O=[N+]([O-])c1ccc(CF)c(Br)c1F. The van der Waals surface area contributed by atoms with E-state index in [9.17, 15) is 18.9 Å². The summed E-state index contributed by atoms with van der Waals surface area (Å²) >= 11 is 2.74. The topological polar surface area (TPSA) is 43.1 Å². The molecule has 0 aromatic heterocycles. The lowest BCUT2D eigenvalue weighted by Gasteiger charge is -2.00. The Morgan fingerprint density at radius 1 is 1.54 bits per heavy atom. The quantitative estimate of drug-likeness (QED) is 0.599. The molecule has 0 unspecified atom stereocenters. The third-order valence-corrected chi connectivity index (χ3v) is 2.34. The van der Waals surface area contributed by atoms with E-state index in [2.05, 4.69) is 15.9 Å². The van der Waals surface area contributed by atoms with Gasteiger partial charge in [-0.3, -0.25) is 10.1 Å². The standard InChI is InChI=1S/C7H4BrF2NO2/c8-6-4(3-9)1-2-5(7(6)10)11(12)13/h1-2H,3H2. The van der Waals surface area contributed by atoms with Crippen LogP contribution in [0.2, 0.25) is 0 Å². The van der Waals surface area contributed by atoms with Gasteiger partial charge in [-0.05, 0) is 22.0 Å². The van der Waals surface area contributed by atoms with Crippen LogP contribution in [0.1, 0.15) is 5.56 Å². The van der Waals surface area contributed by atoms with Gasteiger partial charge in [-0.25, -0.2) is 4.39 Å². The summed E-state index contributed by atoms with van der Waals surface area (Å²) in [5.41, 5.74) is -0.604. The highest BCUT2D eigenvalue weighted by Crippen LogP contribution is 2.28. The van der Waals surface area contributed by atoms with E-state index < -0.39 is 23.1 Å². The van der Waals surface area contributed by atoms with E-state index in [1.54, 1.807) is 0 Å². The van der Waals surface area contributed by atoms with Crippen LogP contribution in [0.5, 0.6) is 0 Å². The molecule has 0 heterocycles. The zero-order chi connectivity index (χ0) is 10.0. The number of alkyl halides is 1. The van der Waals surface area contributed by atoms with Crippen LogP contribution < -0.4 is 0 Å². The molecule has 0 bridgehead atoms. The average molecular weight is 252 g/mol. The van der Waals surface area contributed by atoms with Crippen molar-refractivity contribution in [1.82, 2.24) is 0 Å². The molecule has 0 N–H and O–H groups in total. The summed E-state index contributed by atoms with van der Waals surface area (Å²) in [7, 11) is 0. The Balaban J connectivity index is 3.31. The first-order chi connectivity index (χ1) is 6.07. The molecule has 0 spiro atoms. The minimum atomic E-state index is -1.04. The van der Waals surface area contributed by atoms with Crippen molar-refractivity contribution in [3.63, 3.8) is 0 Å². The molecular weight excluding hydrogens is 248 g/mol. The van der Waals surface area contributed by atoms with Crippen molar-refractivity contribution >= 4 is 21.6 Å². The molecular formula is C7H4BrF2NO2. The molecule has 6 heteroatoms. The van der Waals surface area contributed by atoms with Gasteiger partial charge in [0.25, 0.3) is 0 Å². The minimum Gasteiger partial charge on any atom is -0.258 e. The zero-order valence-electron chi connectivity index (χ0n) is 6.26. The maximum atomic E-state index is 13.0. The van der Waals surface area contributed by atoms with Crippen LogP contribution in [-0.2, 0) is 6.67 Å². The predicted molar refractivity (Wildman–Crippen MR) is 45.6 cm³/mol. The summed E-state index contributed by atoms with van der Waals surface area (Å²) < 4.78 is 25.0. The highest BCUT2D eigenvalue weighted by atomic mass is 79.9.